The minimum atomic E-state index is -3.63. The molecule has 3 rings (SSSR count). The van der Waals surface area contributed by atoms with Gasteiger partial charge in [-0.25, -0.2) is 8.42 Å². The monoisotopic (exact) mass is 754 g/mol. The van der Waals surface area contributed by atoms with Crippen LogP contribution in [0, 0.1) is 15.4 Å². The number of halogens is 1. The summed E-state index contributed by atoms with van der Waals surface area (Å²) in [4.78, 5) is 15.6. The van der Waals surface area contributed by atoms with Gasteiger partial charge in [-0.05, 0) is 110 Å². The highest BCUT2D eigenvalue weighted by Gasteiger charge is 2.47. The summed E-state index contributed by atoms with van der Waals surface area (Å²) < 4.78 is 34.9. The van der Waals surface area contributed by atoms with Gasteiger partial charge in [0.15, 0.2) is 9.84 Å². The van der Waals surface area contributed by atoms with E-state index in [2.05, 4.69) is 60.5 Å². The van der Waals surface area contributed by atoms with Crippen LogP contribution in [0.1, 0.15) is 97.1 Å². The number of rotatable bonds is 18. The normalized spacial score (nSPS) is 18.4. The van der Waals surface area contributed by atoms with Gasteiger partial charge in [0.2, 0.25) is 5.91 Å². The quantitative estimate of drug-likeness (QED) is 0.159. The molecule has 2 N–H and O–H groups in total. The number of benzene rings is 2. The number of amides is 1. The van der Waals surface area contributed by atoms with E-state index >= 15 is 0 Å². The third kappa shape index (κ3) is 10.7. The Labute approximate surface area is 286 Å². The highest BCUT2D eigenvalue weighted by molar-refractivity contribution is 14.1. The van der Waals surface area contributed by atoms with Crippen molar-refractivity contribution >= 4 is 38.3 Å². The summed E-state index contributed by atoms with van der Waals surface area (Å²) in [6, 6.07) is 12.7. The Morgan fingerprint density at radius 1 is 1.04 bits per heavy atom. The van der Waals surface area contributed by atoms with Crippen LogP contribution in [0.2, 0.25) is 0 Å². The highest BCUT2D eigenvalue weighted by atomic mass is 127. The zero-order chi connectivity index (χ0) is 33.2. The van der Waals surface area contributed by atoms with Gasteiger partial charge in [-0.15, -0.1) is 0 Å². The van der Waals surface area contributed by atoms with E-state index in [1.165, 1.54) is 0 Å². The van der Waals surface area contributed by atoms with E-state index < -0.39 is 27.5 Å². The van der Waals surface area contributed by atoms with Gasteiger partial charge in [0.05, 0.1) is 17.1 Å². The largest absolute Gasteiger partial charge is 0.485 e. The van der Waals surface area contributed by atoms with E-state index in [1.54, 1.807) is 12.1 Å². The number of unbranched alkanes of at least 4 members (excludes halogenated alkanes) is 1. The Balaban J connectivity index is 1.91. The summed E-state index contributed by atoms with van der Waals surface area (Å²) in [5.74, 6) is 0.214. The Bertz CT molecular complexity index is 1330. The van der Waals surface area contributed by atoms with E-state index in [0.29, 0.717) is 29.5 Å². The molecule has 0 bridgehead atoms. The maximum absolute atomic E-state index is 13.8. The van der Waals surface area contributed by atoms with Crippen molar-refractivity contribution in [2.75, 3.05) is 31.9 Å². The second-order valence-corrected chi connectivity index (χ2v) is 16.4. The van der Waals surface area contributed by atoms with Crippen LogP contribution in [-0.2, 0) is 21.1 Å². The second kappa shape index (κ2) is 17.5. The Kier molecular flexibility index (Phi) is 14.7. The van der Waals surface area contributed by atoms with Crippen LogP contribution >= 0.6 is 22.6 Å². The first-order chi connectivity index (χ1) is 21.3. The summed E-state index contributed by atoms with van der Waals surface area (Å²) in [7, 11) is -3.63. The molecule has 7 nitrogen and oxygen atoms in total. The third-order valence-electron chi connectivity index (χ3n) is 9.46. The molecule has 0 fully saturated rings. The lowest BCUT2D eigenvalue weighted by Crippen LogP contribution is -2.51. The maximum atomic E-state index is 13.8. The van der Waals surface area contributed by atoms with Crippen molar-refractivity contribution in [3.05, 3.63) is 57.2 Å². The fourth-order valence-corrected chi connectivity index (χ4v) is 8.50. The van der Waals surface area contributed by atoms with Crippen LogP contribution in [0.4, 0.5) is 0 Å². The molecular weight excluding hydrogens is 699 g/mol. The van der Waals surface area contributed by atoms with E-state index in [9.17, 15) is 18.3 Å². The van der Waals surface area contributed by atoms with Gasteiger partial charge >= 0.3 is 0 Å². The molecule has 0 radical (unpaired) electrons. The molecule has 1 heterocycles. The molecule has 3 atom stereocenters. The van der Waals surface area contributed by atoms with Crippen LogP contribution in [0.15, 0.2) is 47.4 Å². The highest BCUT2D eigenvalue weighted by Crippen LogP contribution is 2.47. The maximum Gasteiger partial charge on any atom is 0.224 e. The van der Waals surface area contributed by atoms with Gasteiger partial charge in [0, 0.05) is 28.1 Å². The number of fused-ring (bicyclic) bond motifs is 1. The van der Waals surface area contributed by atoms with Crippen molar-refractivity contribution in [3.63, 3.8) is 0 Å². The van der Waals surface area contributed by atoms with Gasteiger partial charge in [-0.3, -0.25) is 4.79 Å². The number of sulfone groups is 1. The topological polar surface area (TPSA) is 95.9 Å². The molecule has 1 aliphatic rings. The number of hydrogen-bond acceptors (Lipinski definition) is 6. The van der Waals surface area contributed by atoms with Gasteiger partial charge in [-0.2, -0.15) is 0 Å². The van der Waals surface area contributed by atoms with E-state index in [0.717, 1.165) is 66.4 Å². The summed E-state index contributed by atoms with van der Waals surface area (Å²) in [6.07, 6.45) is 5.19. The summed E-state index contributed by atoms with van der Waals surface area (Å²) in [5, 5.41) is 14.9. The Morgan fingerprint density at radius 3 is 2.36 bits per heavy atom. The minimum Gasteiger partial charge on any atom is -0.485 e. The lowest BCUT2D eigenvalue weighted by Gasteiger charge is -2.45. The van der Waals surface area contributed by atoms with Gasteiger partial charge in [0.1, 0.15) is 17.5 Å². The fraction of sp³-hybridized carbons (Fsp3) is 0.639. The molecule has 2 aromatic rings. The Hall–Kier alpha value is -1.69. The molecule has 9 heteroatoms. The van der Waals surface area contributed by atoms with E-state index in [4.69, 9.17) is 4.74 Å². The number of carbonyl (C=O) groups excluding carboxylic acids is 1. The van der Waals surface area contributed by atoms with Crippen molar-refractivity contribution in [2.45, 2.75) is 109 Å². The molecule has 45 heavy (non-hydrogen) atoms. The number of carbonyl (C=O) groups is 1. The first-order valence-corrected chi connectivity index (χ1v) is 19.5. The van der Waals surface area contributed by atoms with Gasteiger partial charge in [0.25, 0.3) is 0 Å². The van der Waals surface area contributed by atoms with Gasteiger partial charge in [-0.1, -0.05) is 65.5 Å². The van der Waals surface area contributed by atoms with Crippen LogP contribution in [0.25, 0.3) is 0 Å². The summed E-state index contributed by atoms with van der Waals surface area (Å²) in [6.45, 7) is 15.8. The van der Waals surface area contributed by atoms with Crippen LogP contribution in [0.5, 0.6) is 5.75 Å². The number of likely N-dealkylation sites (N-methyl/N-ethyl adjacent to an activating group) is 1. The lowest BCUT2D eigenvalue weighted by atomic mass is 9.72. The SMILES string of the molecule is CCCCN(CC)CCNC(=O)Cc1ccc2c(c1)[C@@H](C(CCC(CC)CC)CS(=O)(=O)c1ccc(I)cc1)[C@H](O)C(C)(C)O2. The minimum absolute atomic E-state index is 0.0535. The first-order valence-electron chi connectivity index (χ1n) is 16.8. The second-order valence-electron chi connectivity index (χ2n) is 13.1. The smallest absolute Gasteiger partial charge is 0.224 e. The molecular formula is C36H55IN2O5S. The molecule has 0 spiro atoms. The van der Waals surface area contributed by atoms with Crippen molar-refractivity contribution in [1.29, 1.82) is 0 Å². The Morgan fingerprint density at radius 2 is 1.73 bits per heavy atom. The number of nitrogens with zero attached hydrogens (tertiary/aromatic N) is 1. The molecule has 0 saturated carbocycles. The predicted octanol–water partition coefficient (Wildman–Crippen LogP) is 6.99. The lowest BCUT2D eigenvalue weighted by molar-refractivity contribution is -0.120. The van der Waals surface area contributed by atoms with Crippen molar-refractivity contribution < 1.29 is 23.1 Å². The zero-order valence-corrected chi connectivity index (χ0v) is 31.1. The zero-order valence-electron chi connectivity index (χ0n) is 28.1. The molecule has 2 aromatic carbocycles. The number of nitrogens with one attached hydrogen (secondary N) is 1. The van der Waals surface area contributed by atoms with Gasteiger partial charge < -0.3 is 20.1 Å². The summed E-state index contributed by atoms with van der Waals surface area (Å²) in [5.41, 5.74) is 0.708. The standard InChI is InChI=1S/C36H55IN2O5S/c1-7-11-21-39(10-4)22-20-38-33(40)24-27-13-19-32-31(23-27)34(35(41)36(5,6)44-32)28(14-12-26(8-2)9-3)25-45(42,43)30-17-15-29(37)16-18-30/h13,15-19,23,26,28,34-35,41H,7-12,14,20-22,24-25H2,1-6H3,(H,38,40)/t28?,34-,35+/m1/s1. The van der Waals surface area contributed by atoms with Crippen LogP contribution in [0.3, 0.4) is 0 Å². The van der Waals surface area contributed by atoms with Crippen LogP contribution < -0.4 is 10.1 Å². The van der Waals surface area contributed by atoms with E-state index in [-0.39, 0.29) is 24.0 Å². The molecule has 1 amide bonds. The molecule has 1 unspecified atom stereocenters. The molecule has 252 valence electrons. The number of aliphatic hydroxyl groups excluding tert-OH is 1. The number of aliphatic hydroxyl groups is 1. The molecule has 1 aliphatic heterocycles. The molecule has 0 aromatic heterocycles. The average Bonchev–Trinajstić information content (AvgIpc) is 3.00. The number of ether oxygens (including phenoxy) is 1. The van der Waals surface area contributed by atoms with Crippen LogP contribution in [-0.4, -0.2) is 68.0 Å². The fourth-order valence-electron chi connectivity index (χ4n) is 6.46. The van der Waals surface area contributed by atoms with E-state index in [1.807, 2.05) is 44.2 Å². The molecule has 0 saturated heterocycles. The van der Waals surface area contributed by atoms with Crippen molar-refractivity contribution in [1.82, 2.24) is 10.2 Å². The van der Waals surface area contributed by atoms with Crippen molar-refractivity contribution in [3.8, 4) is 5.75 Å². The number of hydrogen-bond donors (Lipinski definition) is 2. The first kappa shape index (κ1) is 37.8. The average molecular weight is 755 g/mol. The molecule has 0 aliphatic carbocycles. The van der Waals surface area contributed by atoms with Crippen molar-refractivity contribution in [2.24, 2.45) is 11.8 Å². The summed E-state index contributed by atoms with van der Waals surface area (Å²) >= 11 is 2.18. The predicted molar refractivity (Wildman–Crippen MR) is 192 cm³/mol. The third-order valence-corrected chi connectivity index (χ3v) is 12.0.